The van der Waals surface area contributed by atoms with E-state index >= 15 is 0 Å². The van der Waals surface area contributed by atoms with Crippen molar-refractivity contribution in [3.05, 3.63) is 47.5 Å². The third kappa shape index (κ3) is 4.38. The van der Waals surface area contributed by atoms with E-state index in [1.54, 1.807) is 0 Å². The van der Waals surface area contributed by atoms with Gasteiger partial charge in [0, 0.05) is 55.3 Å². The van der Waals surface area contributed by atoms with Gasteiger partial charge in [-0.1, -0.05) is 12.1 Å². The lowest BCUT2D eigenvalue weighted by atomic mass is 10.0. The second kappa shape index (κ2) is 8.65. The lowest BCUT2D eigenvalue weighted by Gasteiger charge is -2.23. The average Bonchev–Trinajstić information content (AvgIpc) is 2.61. The normalized spacial score (nSPS) is 10.7. The molecule has 4 heteroatoms. The molecule has 4 N–H and O–H groups in total. The summed E-state index contributed by atoms with van der Waals surface area (Å²) in [4.78, 5) is 4.60. The Bertz CT molecular complexity index is 629. The van der Waals surface area contributed by atoms with Gasteiger partial charge in [-0.3, -0.25) is 0 Å². The van der Waals surface area contributed by atoms with Gasteiger partial charge in [0.15, 0.2) is 0 Å². The summed E-state index contributed by atoms with van der Waals surface area (Å²) in [5, 5.41) is 0. The first-order chi connectivity index (χ1) is 12.0. The Morgan fingerprint density at radius 1 is 0.640 bits per heavy atom. The van der Waals surface area contributed by atoms with E-state index < -0.39 is 0 Å². The highest BCUT2D eigenvalue weighted by Crippen LogP contribution is 2.27. The van der Waals surface area contributed by atoms with Crippen molar-refractivity contribution in [1.29, 1.82) is 0 Å². The molecule has 0 aromatic heterocycles. The first kappa shape index (κ1) is 19.0. The number of nitrogens with two attached hydrogens (primary N) is 2. The molecular weight excluding hydrogens is 308 g/mol. The molecule has 0 fully saturated rings. The van der Waals surface area contributed by atoms with E-state index in [9.17, 15) is 0 Å². The number of nitrogen functional groups attached to an aromatic ring is 2. The smallest absolute Gasteiger partial charge is 0.0386 e. The van der Waals surface area contributed by atoms with Gasteiger partial charge in [-0.2, -0.15) is 0 Å². The minimum Gasteiger partial charge on any atom is -0.398 e. The summed E-state index contributed by atoms with van der Waals surface area (Å²) in [7, 11) is 0. The molecule has 25 heavy (non-hydrogen) atoms. The van der Waals surface area contributed by atoms with Crippen LogP contribution in [-0.4, -0.2) is 26.2 Å². The van der Waals surface area contributed by atoms with E-state index in [2.05, 4.69) is 73.9 Å². The van der Waals surface area contributed by atoms with Crippen molar-refractivity contribution < 1.29 is 0 Å². The molecule has 136 valence electrons. The lowest BCUT2D eigenvalue weighted by molar-refractivity contribution is 0.865. The second-order valence-electron chi connectivity index (χ2n) is 6.29. The summed E-state index contributed by atoms with van der Waals surface area (Å²) in [6.45, 7) is 12.6. The minimum atomic E-state index is 0.759. The molecule has 0 amide bonds. The zero-order valence-electron chi connectivity index (χ0n) is 16.0. The molecule has 0 aliphatic heterocycles. The quantitative estimate of drug-likeness (QED) is 0.709. The van der Waals surface area contributed by atoms with Gasteiger partial charge in [0.1, 0.15) is 0 Å². The van der Waals surface area contributed by atoms with Crippen LogP contribution in [0.4, 0.5) is 22.7 Å². The maximum Gasteiger partial charge on any atom is 0.0386 e. The van der Waals surface area contributed by atoms with Crippen molar-refractivity contribution in [2.45, 2.75) is 34.1 Å². The summed E-state index contributed by atoms with van der Waals surface area (Å²) in [6.07, 6.45) is 0.759. The summed E-state index contributed by atoms with van der Waals surface area (Å²) in [5.74, 6) is 0. The Morgan fingerprint density at radius 2 is 1.00 bits per heavy atom. The molecule has 0 atom stereocenters. The Balaban J connectivity index is 2.22. The number of hydrogen-bond acceptors (Lipinski definition) is 4. The van der Waals surface area contributed by atoms with Crippen LogP contribution < -0.4 is 21.3 Å². The lowest BCUT2D eigenvalue weighted by Crippen LogP contribution is -2.22. The van der Waals surface area contributed by atoms with Crippen molar-refractivity contribution >= 4 is 22.7 Å². The number of anilines is 4. The van der Waals surface area contributed by atoms with Crippen LogP contribution in [0.5, 0.6) is 0 Å². The van der Waals surface area contributed by atoms with Crippen molar-refractivity contribution in [3.63, 3.8) is 0 Å². The highest BCUT2D eigenvalue weighted by Gasteiger charge is 2.10. The Kier molecular flexibility index (Phi) is 6.57. The monoisotopic (exact) mass is 340 g/mol. The standard InChI is InChI=1S/C21H32N4/c1-5-24(6-2)18-11-9-16(20(22)14-18)13-17-10-12-19(15-21(17)23)25(7-3)8-4/h9-12,14-15H,5-8,13,22-23H2,1-4H3. The fourth-order valence-electron chi connectivity index (χ4n) is 3.26. The fraction of sp³-hybridized carbons (Fsp3) is 0.429. The first-order valence-electron chi connectivity index (χ1n) is 9.30. The van der Waals surface area contributed by atoms with Crippen LogP contribution in [0.2, 0.25) is 0 Å². The Hall–Kier alpha value is -2.36. The molecule has 2 rings (SSSR count). The molecule has 0 aliphatic rings. The van der Waals surface area contributed by atoms with E-state index in [0.29, 0.717) is 0 Å². The fourth-order valence-corrected chi connectivity index (χ4v) is 3.26. The third-order valence-corrected chi connectivity index (χ3v) is 4.90. The van der Waals surface area contributed by atoms with Gasteiger partial charge < -0.3 is 21.3 Å². The zero-order valence-corrected chi connectivity index (χ0v) is 16.0. The van der Waals surface area contributed by atoms with Crippen LogP contribution in [0.25, 0.3) is 0 Å². The molecule has 2 aromatic rings. The number of hydrogen-bond donors (Lipinski definition) is 2. The highest BCUT2D eigenvalue weighted by atomic mass is 15.1. The van der Waals surface area contributed by atoms with Crippen LogP contribution in [0.3, 0.4) is 0 Å². The summed E-state index contributed by atoms with van der Waals surface area (Å²) in [5.41, 5.74) is 18.9. The highest BCUT2D eigenvalue weighted by molar-refractivity contribution is 5.64. The van der Waals surface area contributed by atoms with Crippen LogP contribution in [0.1, 0.15) is 38.8 Å². The van der Waals surface area contributed by atoms with Gasteiger partial charge in [0.2, 0.25) is 0 Å². The van der Waals surface area contributed by atoms with Crippen molar-refractivity contribution in [2.75, 3.05) is 47.4 Å². The Morgan fingerprint density at radius 3 is 1.28 bits per heavy atom. The van der Waals surface area contributed by atoms with E-state index in [4.69, 9.17) is 11.5 Å². The molecule has 0 saturated heterocycles. The molecule has 0 unspecified atom stereocenters. The molecule has 0 aliphatic carbocycles. The molecule has 0 saturated carbocycles. The average molecular weight is 341 g/mol. The van der Waals surface area contributed by atoms with Gasteiger partial charge in [-0.05, 0) is 63.1 Å². The Labute approximate surface area is 152 Å². The molecule has 0 spiro atoms. The largest absolute Gasteiger partial charge is 0.398 e. The van der Waals surface area contributed by atoms with Crippen LogP contribution in [0.15, 0.2) is 36.4 Å². The SMILES string of the molecule is CCN(CC)c1ccc(Cc2ccc(N(CC)CC)cc2N)c(N)c1. The van der Waals surface area contributed by atoms with Gasteiger partial charge >= 0.3 is 0 Å². The van der Waals surface area contributed by atoms with Crippen LogP contribution >= 0.6 is 0 Å². The van der Waals surface area contributed by atoms with Crippen molar-refractivity contribution in [1.82, 2.24) is 0 Å². The third-order valence-electron chi connectivity index (χ3n) is 4.90. The maximum absolute atomic E-state index is 6.31. The van der Waals surface area contributed by atoms with Gasteiger partial charge in [-0.15, -0.1) is 0 Å². The predicted octanol–water partition coefficient (Wildman–Crippen LogP) is 4.13. The molecule has 4 nitrogen and oxygen atoms in total. The van der Waals surface area contributed by atoms with Crippen LogP contribution in [-0.2, 0) is 6.42 Å². The maximum atomic E-state index is 6.31. The second-order valence-corrected chi connectivity index (χ2v) is 6.29. The van der Waals surface area contributed by atoms with Crippen molar-refractivity contribution in [3.8, 4) is 0 Å². The van der Waals surface area contributed by atoms with E-state index in [-0.39, 0.29) is 0 Å². The zero-order chi connectivity index (χ0) is 18.4. The van der Waals surface area contributed by atoms with E-state index in [1.807, 2.05) is 0 Å². The van der Waals surface area contributed by atoms with E-state index in [1.165, 1.54) is 11.4 Å². The van der Waals surface area contributed by atoms with Gasteiger partial charge in [0.05, 0.1) is 0 Å². The molecule has 0 heterocycles. The topological polar surface area (TPSA) is 58.5 Å². The number of nitrogens with zero attached hydrogens (tertiary/aromatic N) is 2. The number of rotatable bonds is 8. The molecular formula is C21H32N4. The predicted molar refractivity (Wildman–Crippen MR) is 112 cm³/mol. The minimum absolute atomic E-state index is 0.759. The summed E-state index contributed by atoms with van der Waals surface area (Å²) < 4.78 is 0. The van der Waals surface area contributed by atoms with E-state index in [0.717, 1.165) is 55.1 Å². The first-order valence-corrected chi connectivity index (χ1v) is 9.30. The number of benzene rings is 2. The van der Waals surface area contributed by atoms with Crippen LogP contribution in [0, 0.1) is 0 Å². The molecule has 2 aromatic carbocycles. The van der Waals surface area contributed by atoms with Gasteiger partial charge in [0.25, 0.3) is 0 Å². The molecule has 0 bridgehead atoms. The van der Waals surface area contributed by atoms with Crippen molar-refractivity contribution in [2.24, 2.45) is 0 Å². The summed E-state index contributed by atoms with van der Waals surface area (Å²) >= 11 is 0. The summed E-state index contributed by atoms with van der Waals surface area (Å²) in [6, 6.07) is 12.7. The van der Waals surface area contributed by atoms with Gasteiger partial charge in [-0.25, -0.2) is 0 Å². The molecule has 0 radical (unpaired) electrons.